The number of nitrogens with one attached hydrogen (secondary N) is 1. The van der Waals surface area contributed by atoms with Crippen LogP contribution in [-0.2, 0) is 0 Å². The number of hydrogen-bond acceptors (Lipinski definition) is 2. The molecule has 1 atom stereocenters. The summed E-state index contributed by atoms with van der Waals surface area (Å²) in [5, 5.41) is 1.75. The molecular formula is C17H24N2. The van der Waals surface area contributed by atoms with Crippen LogP contribution in [0.4, 0.5) is 5.69 Å². The Balaban J connectivity index is 2.01. The number of rotatable bonds is 2. The van der Waals surface area contributed by atoms with Crippen LogP contribution in [0.2, 0.25) is 1.41 Å². The molecule has 19 heavy (non-hydrogen) atoms. The maximum atomic E-state index is 8.47. The molecule has 1 aliphatic carbocycles. The van der Waals surface area contributed by atoms with E-state index in [1.165, 1.54) is 48.3 Å². The lowest BCUT2D eigenvalue weighted by molar-refractivity contribution is 0.559. The van der Waals surface area contributed by atoms with Crippen molar-refractivity contribution in [2.24, 2.45) is 5.92 Å². The van der Waals surface area contributed by atoms with Gasteiger partial charge in [-0.1, -0.05) is 31.0 Å². The highest BCUT2D eigenvalue weighted by Crippen LogP contribution is 2.38. The number of allylic oxidation sites excluding steroid dienone is 2. The molecule has 1 fully saturated rings. The molecule has 1 heterocycles. The first-order chi connectivity index (χ1) is 9.61. The Bertz CT molecular complexity index is 532. The van der Waals surface area contributed by atoms with Gasteiger partial charge in [0.15, 0.2) is 1.41 Å². The average molecular weight is 257 g/mol. The second kappa shape index (κ2) is 4.92. The van der Waals surface area contributed by atoms with Crippen LogP contribution < -0.4 is 10.2 Å². The third kappa shape index (κ3) is 2.13. The molecule has 1 aromatic rings. The highest BCUT2D eigenvalue weighted by Gasteiger charge is 2.32. The molecule has 0 radical (unpaired) electrons. The number of nitrogens with zero attached hydrogens (tertiary/aromatic N) is 1. The van der Waals surface area contributed by atoms with E-state index in [1.807, 2.05) is 0 Å². The molecule has 0 saturated heterocycles. The Morgan fingerprint density at radius 1 is 1.21 bits per heavy atom. The van der Waals surface area contributed by atoms with Gasteiger partial charge < -0.3 is 10.2 Å². The van der Waals surface area contributed by atoms with Crippen LogP contribution in [-0.4, -0.2) is 6.17 Å². The van der Waals surface area contributed by atoms with Crippen LogP contribution in [0.3, 0.4) is 0 Å². The fourth-order valence-electron chi connectivity index (χ4n) is 3.57. The quantitative estimate of drug-likeness (QED) is 0.855. The number of anilines is 1. The molecule has 0 spiro atoms. The summed E-state index contributed by atoms with van der Waals surface area (Å²) in [5.41, 5.74) is 5.04. The van der Waals surface area contributed by atoms with E-state index in [1.54, 1.807) is 5.31 Å². The van der Waals surface area contributed by atoms with Crippen molar-refractivity contribution in [2.75, 3.05) is 4.90 Å². The summed E-state index contributed by atoms with van der Waals surface area (Å²) in [6.07, 6.45) is 5.21. The van der Waals surface area contributed by atoms with E-state index < -0.39 is 0 Å². The summed E-state index contributed by atoms with van der Waals surface area (Å²) in [7, 11) is 0. The van der Waals surface area contributed by atoms with E-state index in [9.17, 15) is 0 Å². The molecule has 3 rings (SSSR count). The van der Waals surface area contributed by atoms with Gasteiger partial charge >= 0.3 is 0 Å². The van der Waals surface area contributed by atoms with E-state index in [0.29, 0.717) is 5.92 Å². The van der Waals surface area contributed by atoms with E-state index in [0.717, 1.165) is 0 Å². The molecular weight excluding hydrogens is 232 g/mol. The van der Waals surface area contributed by atoms with Gasteiger partial charge in [-0.05, 0) is 45.2 Å². The molecule has 1 aromatic carbocycles. The van der Waals surface area contributed by atoms with Gasteiger partial charge in [0.25, 0.3) is 0 Å². The minimum absolute atomic E-state index is 0.0895. The minimum atomic E-state index is 0.0895. The van der Waals surface area contributed by atoms with Crippen molar-refractivity contribution in [2.45, 2.75) is 52.6 Å². The summed E-state index contributed by atoms with van der Waals surface area (Å²) in [6, 6.07) is 8.48. The lowest BCUT2D eigenvalue weighted by Gasteiger charge is -2.26. The molecule has 1 aliphatic heterocycles. The van der Waals surface area contributed by atoms with E-state index in [2.05, 4.69) is 49.9 Å². The molecule has 0 bridgehead atoms. The SMILES string of the molecule is [2H]N1C(C2CCCC2)=C(C)N(c2ccccc2C)C1C. The smallest absolute Gasteiger partial charge is 0.162 e. The van der Waals surface area contributed by atoms with Crippen LogP contribution in [0.15, 0.2) is 35.7 Å². The van der Waals surface area contributed by atoms with Crippen LogP contribution in [0.1, 0.15) is 45.1 Å². The van der Waals surface area contributed by atoms with Crippen molar-refractivity contribution < 1.29 is 1.41 Å². The van der Waals surface area contributed by atoms with Gasteiger partial charge in [-0.15, -0.1) is 0 Å². The molecule has 2 nitrogen and oxygen atoms in total. The van der Waals surface area contributed by atoms with Gasteiger partial charge in [0.1, 0.15) is 6.17 Å². The van der Waals surface area contributed by atoms with Gasteiger partial charge in [0, 0.05) is 23.0 Å². The molecule has 2 heteroatoms. The Morgan fingerprint density at radius 3 is 2.58 bits per heavy atom. The Morgan fingerprint density at radius 2 is 1.89 bits per heavy atom. The maximum Gasteiger partial charge on any atom is 0.162 e. The van der Waals surface area contributed by atoms with Crippen molar-refractivity contribution in [1.29, 1.82) is 0 Å². The molecule has 1 saturated carbocycles. The summed E-state index contributed by atoms with van der Waals surface area (Å²) in [6.45, 7) is 6.47. The van der Waals surface area contributed by atoms with Gasteiger partial charge in [-0.2, -0.15) is 0 Å². The first kappa shape index (κ1) is 11.4. The zero-order valence-electron chi connectivity index (χ0n) is 13.2. The van der Waals surface area contributed by atoms with Gasteiger partial charge in [-0.3, -0.25) is 0 Å². The first-order valence-electron chi connectivity index (χ1n) is 7.89. The Kier molecular flexibility index (Phi) is 2.95. The lowest BCUT2D eigenvalue weighted by Crippen LogP contribution is -2.35. The fraction of sp³-hybridized carbons (Fsp3) is 0.529. The first-order valence-corrected chi connectivity index (χ1v) is 7.45. The van der Waals surface area contributed by atoms with Gasteiger partial charge in [0.2, 0.25) is 0 Å². The van der Waals surface area contributed by atoms with Crippen molar-refractivity contribution in [3.05, 3.63) is 41.2 Å². The van der Waals surface area contributed by atoms with E-state index >= 15 is 0 Å². The normalized spacial score (nSPS) is 25.4. The molecule has 2 aliphatic rings. The van der Waals surface area contributed by atoms with Crippen molar-refractivity contribution in [3.63, 3.8) is 0 Å². The van der Waals surface area contributed by atoms with Crippen LogP contribution in [0.5, 0.6) is 0 Å². The number of aryl methyl sites for hydroxylation is 1. The summed E-state index contributed by atoms with van der Waals surface area (Å²) >= 11 is 0. The van der Waals surface area contributed by atoms with Crippen LogP contribution in [0.25, 0.3) is 0 Å². The summed E-state index contributed by atoms with van der Waals surface area (Å²) in [5.74, 6) is 0.587. The van der Waals surface area contributed by atoms with Crippen LogP contribution in [0, 0.1) is 12.8 Å². The zero-order chi connectivity index (χ0) is 14.3. The van der Waals surface area contributed by atoms with Crippen molar-refractivity contribution in [3.8, 4) is 0 Å². The highest BCUT2D eigenvalue weighted by molar-refractivity contribution is 5.60. The standard InChI is InChI=1S/C17H24N2/c1-12-8-4-7-11-16(12)19-13(2)17(18-14(19)3)15-9-5-6-10-15/h4,7-8,11,14-15,18H,5-6,9-10H2,1-3H3/i/hD. The molecule has 0 aromatic heterocycles. The Labute approximate surface area is 118 Å². The summed E-state index contributed by atoms with van der Waals surface area (Å²) in [4.78, 5) is 2.33. The second-order valence-corrected chi connectivity index (χ2v) is 5.87. The van der Waals surface area contributed by atoms with Crippen LogP contribution >= 0.6 is 0 Å². The monoisotopic (exact) mass is 257 g/mol. The number of para-hydroxylation sites is 1. The maximum absolute atomic E-state index is 8.47. The summed E-state index contributed by atoms with van der Waals surface area (Å²) < 4.78 is 8.47. The minimum Gasteiger partial charge on any atom is -0.367 e. The number of benzene rings is 1. The average Bonchev–Trinajstić information content (AvgIpc) is 3.01. The largest absolute Gasteiger partial charge is 0.367 e. The molecule has 1 N–H and O–H groups in total. The topological polar surface area (TPSA) is 15.3 Å². The predicted octanol–water partition coefficient (Wildman–Crippen LogP) is 4.17. The fourth-order valence-corrected chi connectivity index (χ4v) is 3.57. The van der Waals surface area contributed by atoms with Gasteiger partial charge in [-0.25, -0.2) is 0 Å². The third-order valence-electron chi connectivity index (χ3n) is 4.55. The zero-order valence-corrected chi connectivity index (χ0v) is 12.2. The Hall–Kier alpha value is -1.44. The predicted molar refractivity (Wildman–Crippen MR) is 80.9 cm³/mol. The second-order valence-electron chi connectivity index (χ2n) is 5.87. The van der Waals surface area contributed by atoms with Gasteiger partial charge in [0.05, 0.1) is 0 Å². The molecule has 0 amide bonds. The van der Waals surface area contributed by atoms with E-state index in [-0.39, 0.29) is 6.17 Å². The molecule has 1 unspecified atom stereocenters. The third-order valence-corrected chi connectivity index (χ3v) is 4.55. The van der Waals surface area contributed by atoms with Crippen molar-refractivity contribution in [1.82, 2.24) is 5.31 Å². The lowest BCUT2D eigenvalue weighted by atomic mass is 10.0. The highest BCUT2D eigenvalue weighted by atomic mass is 15.3. The molecule has 102 valence electrons. The van der Waals surface area contributed by atoms with E-state index in [4.69, 9.17) is 1.41 Å². The van der Waals surface area contributed by atoms with Crippen molar-refractivity contribution >= 4 is 5.69 Å². The number of hydrogen-bond donors (Lipinski definition) is 1.